The maximum Gasteiger partial charge on any atom is -0.870 e. The Labute approximate surface area is 126 Å². The zero-order valence-electron chi connectivity index (χ0n) is 12.8. The van der Waals surface area contributed by atoms with E-state index in [1.54, 1.807) is 21.7 Å². The summed E-state index contributed by atoms with van der Waals surface area (Å²) >= 11 is 0.0736. The van der Waals surface area contributed by atoms with E-state index in [1.807, 2.05) is 0 Å². The standard InChI is InChI=1S/2C8H17.H2O.Sn/c2*1-3-5-7-8-6-4-2;;/h2*1,3-8H2,2H3;1H2;/q;;;+1/p-1. The van der Waals surface area contributed by atoms with Gasteiger partial charge in [0, 0.05) is 0 Å². The summed E-state index contributed by atoms with van der Waals surface area (Å²) in [6, 6.07) is 0. The average Bonchev–Trinajstić information content (AvgIpc) is 2.35. The minimum Gasteiger partial charge on any atom is -0.870 e. The molecule has 0 heterocycles. The quantitative estimate of drug-likeness (QED) is 0.272. The largest absolute Gasteiger partial charge is 0.870 e. The third-order valence-corrected chi connectivity index (χ3v) is 7.45. The number of rotatable bonds is 14. The normalized spacial score (nSPS) is 10.1. The molecule has 1 nitrogen and oxygen atoms in total. The minimum atomic E-state index is 0. The summed E-state index contributed by atoms with van der Waals surface area (Å²) in [4.78, 5) is 0. The van der Waals surface area contributed by atoms with E-state index in [1.165, 1.54) is 64.2 Å². The summed E-state index contributed by atoms with van der Waals surface area (Å²) in [5, 5.41) is 0. The summed E-state index contributed by atoms with van der Waals surface area (Å²) in [5.41, 5.74) is 0. The molecule has 0 aromatic carbocycles. The van der Waals surface area contributed by atoms with Crippen molar-refractivity contribution < 1.29 is 5.48 Å². The second-order valence-electron chi connectivity index (χ2n) is 5.29. The average molecular weight is 362 g/mol. The third-order valence-electron chi connectivity index (χ3n) is 3.41. The molecule has 0 bridgehead atoms. The molecule has 0 saturated carbocycles. The fourth-order valence-electron chi connectivity index (χ4n) is 2.19. The molecule has 0 aromatic heterocycles. The first kappa shape index (κ1) is 21.1. The molecular weight excluding hydrogens is 327 g/mol. The molecule has 0 aliphatic carbocycles. The van der Waals surface area contributed by atoms with E-state index in [0.29, 0.717) is 0 Å². The number of unbranched alkanes of at least 4 members (excludes halogenated alkanes) is 10. The predicted molar refractivity (Wildman–Crippen MR) is 84.1 cm³/mol. The van der Waals surface area contributed by atoms with Crippen LogP contribution in [0.15, 0.2) is 0 Å². The monoisotopic (exact) mass is 363 g/mol. The zero-order valence-corrected chi connectivity index (χ0v) is 15.7. The van der Waals surface area contributed by atoms with Crippen molar-refractivity contribution in [2.75, 3.05) is 0 Å². The molecule has 0 aromatic rings. The molecule has 109 valence electrons. The van der Waals surface area contributed by atoms with Crippen molar-refractivity contribution in [3.8, 4) is 0 Å². The molecule has 0 amide bonds. The van der Waals surface area contributed by atoms with Crippen LogP contribution in [0.3, 0.4) is 0 Å². The van der Waals surface area contributed by atoms with Crippen LogP contribution < -0.4 is 0 Å². The van der Waals surface area contributed by atoms with Crippen LogP contribution in [0.2, 0.25) is 8.87 Å². The summed E-state index contributed by atoms with van der Waals surface area (Å²) in [6.07, 6.45) is 17.8. The summed E-state index contributed by atoms with van der Waals surface area (Å²) in [6.45, 7) is 4.60. The van der Waals surface area contributed by atoms with Crippen LogP contribution in [0.1, 0.15) is 90.9 Å². The zero-order chi connectivity index (χ0) is 12.6. The molecule has 0 saturated heterocycles. The first-order chi connectivity index (χ1) is 8.41. The topological polar surface area (TPSA) is 30.0 Å². The Kier molecular flexibility index (Phi) is 23.5. The van der Waals surface area contributed by atoms with Gasteiger partial charge in [-0.25, -0.2) is 0 Å². The van der Waals surface area contributed by atoms with Gasteiger partial charge in [-0.15, -0.1) is 0 Å². The maximum atomic E-state index is 2.30. The fraction of sp³-hybridized carbons (Fsp3) is 1.00. The first-order valence-corrected chi connectivity index (χ1v) is 12.2. The first-order valence-electron chi connectivity index (χ1n) is 8.12. The number of hydrogen-bond acceptors (Lipinski definition) is 1. The van der Waals surface area contributed by atoms with Crippen molar-refractivity contribution in [3.05, 3.63) is 0 Å². The van der Waals surface area contributed by atoms with Crippen LogP contribution in [0.25, 0.3) is 0 Å². The van der Waals surface area contributed by atoms with E-state index in [-0.39, 0.29) is 26.6 Å². The molecule has 0 fully saturated rings. The second kappa shape index (κ2) is 20.1. The molecular formula is C16H35OSn. The molecule has 2 heteroatoms. The Bertz CT molecular complexity index is 114. The van der Waals surface area contributed by atoms with E-state index in [2.05, 4.69) is 13.8 Å². The Morgan fingerprint density at radius 3 is 1.22 bits per heavy atom. The van der Waals surface area contributed by atoms with E-state index < -0.39 is 0 Å². The summed E-state index contributed by atoms with van der Waals surface area (Å²) < 4.78 is 3.31. The predicted octanol–water partition coefficient (Wildman–Crippen LogP) is 6.07. The molecule has 18 heavy (non-hydrogen) atoms. The van der Waals surface area contributed by atoms with Crippen molar-refractivity contribution in [2.24, 2.45) is 0 Å². The van der Waals surface area contributed by atoms with Crippen molar-refractivity contribution in [1.29, 1.82) is 0 Å². The van der Waals surface area contributed by atoms with Gasteiger partial charge in [-0.2, -0.15) is 0 Å². The van der Waals surface area contributed by atoms with Gasteiger partial charge < -0.3 is 5.48 Å². The minimum absolute atomic E-state index is 0. The van der Waals surface area contributed by atoms with Crippen molar-refractivity contribution in [1.82, 2.24) is 0 Å². The Morgan fingerprint density at radius 1 is 0.500 bits per heavy atom. The van der Waals surface area contributed by atoms with E-state index in [4.69, 9.17) is 0 Å². The van der Waals surface area contributed by atoms with Crippen molar-refractivity contribution >= 4 is 21.1 Å². The van der Waals surface area contributed by atoms with Crippen LogP contribution in [-0.2, 0) is 0 Å². The molecule has 1 N–H and O–H groups in total. The van der Waals surface area contributed by atoms with E-state index >= 15 is 0 Å². The summed E-state index contributed by atoms with van der Waals surface area (Å²) in [7, 11) is 0. The molecule has 0 aliphatic rings. The molecule has 0 unspecified atom stereocenters. The Morgan fingerprint density at radius 2 is 0.833 bits per heavy atom. The van der Waals surface area contributed by atoms with Gasteiger partial charge in [0.2, 0.25) is 0 Å². The van der Waals surface area contributed by atoms with Crippen LogP contribution >= 0.6 is 0 Å². The molecule has 0 atom stereocenters. The van der Waals surface area contributed by atoms with E-state index in [0.717, 1.165) is 0 Å². The van der Waals surface area contributed by atoms with Crippen molar-refractivity contribution in [2.45, 2.75) is 99.8 Å². The van der Waals surface area contributed by atoms with Gasteiger partial charge in [-0.3, -0.25) is 0 Å². The van der Waals surface area contributed by atoms with Gasteiger partial charge in [0.15, 0.2) is 0 Å². The van der Waals surface area contributed by atoms with Crippen LogP contribution in [-0.4, -0.2) is 26.6 Å². The van der Waals surface area contributed by atoms with Gasteiger partial charge in [0.25, 0.3) is 0 Å². The fourth-order valence-corrected chi connectivity index (χ4v) is 5.75. The Balaban J connectivity index is 0. The van der Waals surface area contributed by atoms with Gasteiger partial charge in [0.1, 0.15) is 0 Å². The van der Waals surface area contributed by atoms with Gasteiger partial charge >= 0.3 is 121 Å². The molecule has 0 aliphatic heterocycles. The molecule has 0 rings (SSSR count). The molecule has 1 radical (unpaired) electrons. The maximum absolute atomic E-state index is 2.30. The SMILES string of the molecule is CCCCCCC[CH2][Sn+][CH2]CCCCCCC.[OH-]. The van der Waals surface area contributed by atoms with Gasteiger partial charge in [0.05, 0.1) is 0 Å². The van der Waals surface area contributed by atoms with Gasteiger partial charge in [-0.1, -0.05) is 0 Å². The Hall–Kier alpha value is 0.759. The van der Waals surface area contributed by atoms with Crippen LogP contribution in [0.5, 0.6) is 0 Å². The van der Waals surface area contributed by atoms with E-state index in [9.17, 15) is 0 Å². The summed E-state index contributed by atoms with van der Waals surface area (Å²) in [5.74, 6) is 0. The second-order valence-corrected chi connectivity index (χ2v) is 9.57. The van der Waals surface area contributed by atoms with Crippen molar-refractivity contribution in [3.63, 3.8) is 0 Å². The van der Waals surface area contributed by atoms with Crippen LogP contribution in [0.4, 0.5) is 0 Å². The van der Waals surface area contributed by atoms with Crippen LogP contribution in [0, 0.1) is 0 Å². The number of hydrogen-bond donors (Lipinski definition) is 0. The van der Waals surface area contributed by atoms with Gasteiger partial charge in [-0.05, 0) is 0 Å². The molecule has 0 spiro atoms. The third kappa shape index (κ3) is 19.1. The smallest absolute Gasteiger partial charge is 0.870 e.